The Hall–Kier alpha value is -3.90. The summed E-state index contributed by atoms with van der Waals surface area (Å²) in [5.41, 5.74) is 4.95. The van der Waals surface area contributed by atoms with Gasteiger partial charge in [0.15, 0.2) is 16.7 Å². The van der Waals surface area contributed by atoms with Crippen molar-refractivity contribution in [1.82, 2.24) is 24.3 Å². The number of rotatable bonds is 9. The SMILES string of the molecule is COCCn1c(N)c(C(=O)CSc2nnc(-c3ccco3)n2-c2ccccc2)c(=O)[nH]c1=O. The van der Waals surface area contributed by atoms with E-state index in [9.17, 15) is 14.4 Å². The van der Waals surface area contributed by atoms with Crippen LogP contribution in [0.3, 0.4) is 0 Å². The van der Waals surface area contributed by atoms with Gasteiger partial charge in [0.1, 0.15) is 11.4 Å². The lowest BCUT2D eigenvalue weighted by Crippen LogP contribution is -2.37. The number of H-pyrrole nitrogens is 1. The number of aromatic nitrogens is 5. The van der Waals surface area contributed by atoms with Crippen LogP contribution in [0.25, 0.3) is 17.3 Å². The normalized spacial score (nSPS) is 11.1. The molecule has 0 spiro atoms. The number of thioether (sulfide) groups is 1. The van der Waals surface area contributed by atoms with E-state index in [1.165, 1.54) is 13.4 Å². The van der Waals surface area contributed by atoms with Gasteiger partial charge in [0.2, 0.25) is 5.82 Å². The molecule has 3 heterocycles. The lowest BCUT2D eigenvalue weighted by atomic mass is 10.2. The van der Waals surface area contributed by atoms with Crippen LogP contribution in [-0.4, -0.2) is 49.6 Å². The Morgan fingerprint density at radius 3 is 2.67 bits per heavy atom. The van der Waals surface area contributed by atoms with Gasteiger partial charge >= 0.3 is 5.69 Å². The number of Topliss-reactive ketones (excluding diaryl/α,β-unsaturated/α-hetero) is 1. The Kier molecular flexibility index (Phi) is 6.56. The molecule has 12 heteroatoms. The maximum absolute atomic E-state index is 12.9. The minimum Gasteiger partial charge on any atom is -0.461 e. The van der Waals surface area contributed by atoms with Gasteiger partial charge in [-0.25, -0.2) is 4.79 Å². The quantitative estimate of drug-likeness (QED) is 0.275. The molecule has 0 radical (unpaired) electrons. The van der Waals surface area contributed by atoms with Gasteiger partial charge < -0.3 is 14.9 Å². The van der Waals surface area contributed by atoms with Gasteiger partial charge in [-0.3, -0.25) is 23.7 Å². The van der Waals surface area contributed by atoms with Crippen LogP contribution in [-0.2, 0) is 11.3 Å². The van der Waals surface area contributed by atoms with Gasteiger partial charge in [0, 0.05) is 12.8 Å². The average Bonchev–Trinajstić information content (AvgIpc) is 3.48. The number of para-hydroxylation sites is 1. The minimum absolute atomic E-state index is 0.0974. The van der Waals surface area contributed by atoms with Gasteiger partial charge in [-0.1, -0.05) is 30.0 Å². The first-order valence-electron chi connectivity index (χ1n) is 9.83. The topological polar surface area (TPSA) is 151 Å². The molecular weight excluding hydrogens is 448 g/mol. The number of ketones is 1. The van der Waals surface area contributed by atoms with Crippen molar-refractivity contribution in [2.24, 2.45) is 0 Å². The van der Waals surface area contributed by atoms with Crippen molar-refractivity contribution >= 4 is 23.4 Å². The second-order valence-corrected chi connectivity index (χ2v) is 7.77. The van der Waals surface area contributed by atoms with Gasteiger partial charge in [-0.15, -0.1) is 10.2 Å². The van der Waals surface area contributed by atoms with Crippen LogP contribution in [0.1, 0.15) is 10.4 Å². The zero-order chi connectivity index (χ0) is 23.4. The van der Waals surface area contributed by atoms with Crippen molar-refractivity contribution in [3.05, 3.63) is 75.1 Å². The van der Waals surface area contributed by atoms with Crippen LogP contribution in [0.5, 0.6) is 0 Å². The number of methoxy groups -OCH3 is 1. The summed E-state index contributed by atoms with van der Waals surface area (Å²) in [6, 6.07) is 12.8. The third kappa shape index (κ3) is 4.52. The first kappa shape index (κ1) is 22.3. The summed E-state index contributed by atoms with van der Waals surface area (Å²) in [6.07, 6.45) is 1.53. The molecule has 0 aliphatic carbocycles. The molecular formula is C21H20N6O5S. The molecule has 0 amide bonds. The van der Waals surface area contributed by atoms with E-state index in [2.05, 4.69) is 15.2 Å². The molecule has 170 valence electrons. The van der Waals surface area contributed by atoms with Crippen molar-refractivity contribution in [3.8, 4) is 17.3 Å². The highest BCUT2D eigenvalue weighted by Gasteiger charge is 2.22. The van der Waals surface area contributed by atoms with Crippen molar-refractivity contribution in [1.29, 1.82) is 0 Å². The number of nitrogens with one attached hydrogen (secondary N) is 1. The van der Waals surface area contributed by atoms with Crippen molar-refractivity contribution in [3.63, 3.8) is 0 Å². The number of carbonyl (C=O) groups excluding carboxylic acids is 1. The maximum Gasteiger partial charge on any atom is 0.330 e. The van der Waals surface area contributed by atoms with E-state index in [0.717, 1.165) is 22.0 Å². The minimum atomic E-state index is -0.836. The second-order valence-electron chi connectivity index (χ2n) is 6.83. The molecule has 0 aliphatic heterocycles. The molecule has 0 saturated heterocycles. The summed E-state index contributed by atoms with van der Waals surface area (Å²) in [5.74, 6) is 0.0696. The Morgan fingerprint density at radius 1 is 1.18 bits per heavy atom. The fourth-order valence-electron chi connectivity index (χ4n) is 3.20. The number of benzene rings is 1. The van der Waals surface area contributed by atoms with E-state index in [1.54, 1.807) is 16.7 Å². The molecule has 11 nitrogen and oxygen atoms in total. The molecule has 3 aromatic heterocycles. The summed E-state index contributed by atoms with van der Waals surface area (Å²) in [6.45, 7) is 0.286. The standard InChI is InChI=1S/C21H20N6O5S/c1-31-11-9-26-17(22)16(19(29)23-20(26)30)14(28)12-33-21-25-24-18(15-8-5-10-32-15)27(21)13-6-3-2-4-7-13/h2-8,10H,9,11-12,22H2,1H3,(H,23,29,30). The van der Waals surface area contributed by atoms with E-state index >= 15 is 0 Å². The van der Waals surface area contributed by atoms with Crippen LogP contribution in [0.15, 0.2) is 67.9 Å². The third-order valence-electron chi connectivity index (χ3n) is 4.76. The van der Waals surface area contributed by atoms with Gasteiger partial charge in [0.05, 0.1) is 25.2 Å². The highest BCUT2D eigenvalue weighted by Crippen LogP contribution is 2.28. The highest BCUT2D eigenvalue weighted by molar-refractivity contribution is 7.99. The number of ether oxygens (including phenoxy) is 1. The summed E-state index contributed by atoms with van der Waals surface area (Å²) in [5, 5.41) is 8.84. The molecule has 0 unspecified atom stereocenters. The molecule has 0 saturated carbocycles. The van der Waals surface area contributed by atoms with Gasteiger partial charge in [-0.05, 0) is 24.3 Å². The summed E-state index contributed by atoms with van der Waals surface area (Å²) in [7, 11) is 1.47. The van der Waals surface area contributed by atoms with Crippen molar-refractivity contribution in [2.75, 3.05) is 25.2 Å². The maximum atomic E-state index is 12.9. The Labute approximate surface area is 191 Å². The molecule has 1 aromatic carbocycles. The number of nitrogens with two attached hydrogens (primary N) is 1. The fraction of sp³-hybridized carbons (Fsp3) is 0.190. The fourth-order valence-corrected chi connectivity index (χ4v) is 4.03. The first-order valence-corrected chi connectivity index (χ1v) is 10.8. The highest BCUT2D eigenvalue weighted by atomic mass is 32.2. The summed E-state index contributed by atoms with van der Waals surface area (Å²) < 4.78 is 13.3. The van der Waals surface area contributed by atoms with Crippen molar-refractivity contribution < 1.29 is 13.9 Å². The lowest BCUT2D eigenvalue weighted by molar-refractivity contribution is 0.102. The zero-order valence-electron chi connectivity index (χ0n) is 17.6. The monoisotopic (exact) mass is 468 g/mol. The molecule has 0 aliphatic rings. The molecule has 3 N–H and O–H groups in total. The summed E-state index contributed by atoms with van der Waals surface area (Å²) >= 11 is 1.09. The molecule has 0 fully saturated rings. The van der Waals surface area contributed by atoms with Gasteiger partial charge in [0.25, 0.3) is 5.56 Å². The Balaban J connectivity index is 1.65. The largest absolute Gasteiger partial charge is 0.461 e. The zero-order valence-corrected chi connectivity index (χ0v) is 18.4. The molecule has 4 rings (SSSR count). The van der Waals surface area contributed by atoms with Crippen molar-refractivity contribution in [2.45, 2.75) is 11.7 Å². The number of hydrogen-bond donors (Lipinski definition) is 2. The predicted molar refractivity (Wildman–Crippen MR) is 122 cm³/mol. The van der Waals surface area contributed by atoms with Crippen LogP contribution < -0.4 is 17.0 Å². The van der Waals surface area contributed by atoms with Crippen LogP contribution in [0.4, 0.5) is 5.82 Å². The van der Waals surface area contributed by atoms with E-state index in [0.29, 0.717) is 16.7 Å². The molecule has 4 aromatic rings. The van der Waals surface area contributed by atoms with Crippen LogP contribution in [0.2, 0.25) is 0 Å². The lowest BCUT2D eigenvalue weighted by Gasteiger charge is -2.12. The number of nitrogen functional groups attached to an aromatic ring is 1. The van der Waals surface area contributed by atoms with E-state index < -0.39 is 17.0 Å². The number of nitrogens with zero attached hydrogens (tertiary/aromatic N) is 4. The number of anilines is 1. The van der Waals surface area contributed by atoms with Crippen LogP contribution in [0, 0.1) is 0 Å². The second kappa shape index (κ2) is 9.71. The van der Waals surface area contributed by atoms with Crippen LogP contribution >= 0.6 is 11.8 Å². The first-order chi connectivity index (χ1) is 16.0. The smallest absolute Gasteiger partial charge is 0.330 e. The Morgan fingerprint density at radius 2 is 1.97 bits per heavy atom. The van der Waals surface area contributed by atoms with Gasteiger partial charge in [-0.2, -0.15) is 0 Å². The number of hydrogen-bond acceptors (Lipinski definition) is 9. The van der Waals surface area contributed by atoms with E-state index in [-0.39, 0.29) is 30.3 Å². The average molecular weight is 468 g/mol. The van der Waals surface area contributed by atoms with E-state index in [4.69, 9.17) is 14.9 Å². The number of carbonyl (C=O) groups is 1. The number of aromatic amines is 1. The summed E-state index contributed by atoms with van der Waals surface area (Å²) in [4.78, 5) is 39.5. The molecule has 33 heavy (non-hydrogen) atoms. The Bertz CT molecular complexity index is 1370. The predicted octanol–water partition coefficient (Wildman–Crippen LogP) is 1.58. The molecule has 0 atom stereocenters. The molecule has 0 bridgehead atoms. The van der Waals surface area contributed by atoms with E-state index in [1.807, 2.05) is 30.3 Å². The third-order valence-corrected chi connectivity index (χ3v) is 5.69. The number of furan rings is 1.